The summed E-state index contributed by atoms with van der Waals surface area (Å²) in [4.78, 5) is 14.5. The van der Waals surface area contributed by atoms with E-state index < -0.39 is 0 Å². The number of carbonyl (C=O) groups is 1. The van der Waals surface area contributed by atoms with E-state index in [0.717, 1.165) is 9.37 Å². The van der Waals surface area contributed by atoms with Crippen molar-refractivity contribution in [3.63, 3.8) is 0 Å². The molecule has 0 aliphatic rings. The third-order valence-corrected chi connectivity index (χ3v) is 3.81. The van der Waals surface area contributed by atoms with E-state index in [1.54, 1.807) is 4.90 Å². The monoisotopic (exact) mass is 317 g/mol. The highest BCUT2D eigenvalue weighted by Gasteiger charge is 2.10. The lowest BCUT2D eigenvalue weighted by molar-refractivity contribution is -0.128. The van der Waals surface area contributed by atoms with E-state index in [1.807, 2.05) is 31.2 Å². The van der Waals surface area contributed by atoms with Gasteiger partial charge in [-0.05, 0) is 31.2 Å². The van der Waals surface area contributed by atoms with E-state index in [0.29, 0.717) is 18.8 Å². The highest BCUT2D eigenvalue weighted by atomic mass is 79.9. The second-order valence-corrected chi connectivity index (χ2v) is 5.40. The van der Waals surface area contributed by atoms with Gasteiger partial charge in [0.1, 0.15) is 0 Å². The van der Waals surface area contributed by atoms with Gasteiger partial charge >= 0.3 is 0 Å². The summed E-state index contributed by atoms with van der Waals surface area (Å²) in [6.45, 7) is 2.98. The normalized spacial score (nSPS) is 10.3. The molecular weight excluding hydrogens is 302 g/mol. The molecule has 3 nitrogen and oxygen atoms in total. The zero-order valence-electron chi connectivity index (χ0n) is 9.73. The highest BCUT2D eigenvalue weighted by molar-refractivity contribution is 9.10. The van der Waals surface area contributed by atoms with Crippen LogP contribution in [0.2, 0.25) is 0 Å². The number of aliphatic hydroxyl groups excluding tert-OH is 1. The Bertz CT molecular complexity index is 356. The van der Waals surface area contributed by atoms with Gasteiger partial charge in [-0.1, -0.05) is 15.9 Å². The van der Waals surface area contributed by atoms with Crippen molar-refractivity contribution in [2.75, 3.05) is 25.4 Å². The largest absolute Gasteiger partial charge is 0.395 e. The summed E-state index contributed by atoms with van der Waals surface area (Å²) in [5.41, 5.74) is 0. The first-order chi connectivity index (χ1) is 8.17. The van der Waals surface area contributed by atoms with Gasteiger partial charge in [-0.2, -0.15) is 0 Å². The minimum absolute atomic E-state index is 0.0164. The Morgan fingerprint density at radius 2 is 2.06 bits per heavy atom. The Balaban J connectivity index is 2.44. The molecule has 0 aromatic heterocycles. The third-order valence-electron chi connectivity index (χ3n) is 2.28. The zero-order valence-corrected chi connectivity index (χ0v) is 12.1. The molecule has 0 aliphatic heterocycles. The maximum Gasteiger partial charge on any atom is 0.233 e. The Kier molecular flexibility index (Phi) is 6.62. The SMILES string of the molecule is CCN(CCO)C(=O)CSc1ccc(Br)cc1. The maximum absolute atomic E-state index is 11.8. The molecule has 0 fully saturated rings. The van der Waals surface area contributed by atoms with Crippen molar-refractivity contribution in [2.24, 2.45) is 0 Å². The number of benzene rings is 1. The summed E-state index contributed by atoms with van der Waals surface area (Å²) >= 11 is 4.88. The maximum atomic E-state index is 11.8. The van der Waals surface area contributed by atoms with Gasteiger partial charge in [0.2, 0.25) is 5.91 Å². The van der Waals surface area contributed by atoms with E-state index in [4.69, 9.17) is 5.11 Å². The highest BCUT2D eigenvalue weighted by Crippen LogP contribution is 2.20. The van der Waals surface area contributed by atoms with Gasteiger partial charge in [0.05, 0.1) is 12.4 Å². The lowest BCUT2D eigenvalue weighted by Crippen LogP contribution is -2.34. The average Bonchev–Trinajstić information content (AvgIpc) is 2.35. The number of halogens is 1. The minimum Gasteiger partial charge on any atom is -0.395 e. The molecule has 1 aromatic carbocycles. The van der Waals surface area contributed by atoms with Crippen LogP contribution in [0.25, 0.3) is 0 Å². The first-order valence-electron chi connectivity index (χ1n) is 5.44. The summed E-state index contributed by atoms with van der Waals surface area (Å²) in [5.74, 6) is 0.476. The summed E-state index contributed by atoms with van der Waals surface area (Å²) in [5, 5.41) is 8.83. The van der Waals surface area contributed by atoms with Gasteiger partial charge in [0.25, 0.3) is 0 Å². The quantitative estimate of drug-likeness (QED) is 0.819. The van der Waals surface area contributed by atoms with Crippen molar-refractivity contribution >= 4 is 33.6 Å². The average molecular weight is 318 g/mol. The van der Waals surface area contributed by atoms with Gasteiger partial charge in [-0.25, -0.2) is 0 Å². The molecular formula is C12H16BrNO2S. The molecule has 1 aromatic rings. The molecule has 0 atom stereocenters. The molecule has 0 unspecified atom stereocenters. The summed E-state index contributed by atoms with van der Waals surface area (Å²) in [6, 6.07) is 7.87. The van der Waals surface area contributed by atoms with E-state index in [-0.39, 0.29) is 12.5 Å². The molecule has 0 saturated heterocycles. The predicted octanol–water partition coefficient (Wildman–Crippen LogP) is 2.38. The van der Waals surface area contributed by atoms with Crippen molar-refractivity contribution < 1.29 is 9.90 Å². The first-order valence-corrected chi connectivity index (χ1v) is 7.22. The van der Waals surface area contributed by atoms with Crippen LogP contribution in [-0.2, 0) is 4.79 Å². The number of carbonyl (C=O) groups excluding carboxylic acids is 1. The second-order valence-electron chi connectivity index (χ2n) is 3.44. The molecule has 0 spiro atoms. The van der Waals surface area contributed by atoms with Gasteiger partial charge < -0.3 is 10.0 Å². The number of nitrogens with zero attached hydrogens (tertiary/aromatic N) is 1. The van der Waals surface area contributed by atoms with Crippen LogP contribution in [0, 0.1) is 0 Å². The second kappa shape index (κ2) is 7.74. The van der Waals surface area contributed by atoms with Crippen LogP contribution in [0.5, 0.6) is 0 Å². The first kappa shape index (κ1) is 14.5. The standard InChI is InChI=1S/C12H16BrNO2S/c1-2-14(7-8-15)12(16)9-17-11-5-3-10(13)4-6-11/h3-6,15H,2,7-9H2,1H3. The van der Waals surface area contributed by atoms with Crippen LogP contribution in [-0.4, -0.2) is 41.4 Å². The molecule has 0 saturated carbocycles. The number of hydrogen-bond donors (Lipinski definition) is 1. The van der Waals surface area contributed by atoms with Crippen LogP contribution < -0.4 is 0 Å². The van der Waals surface area contributed by atoms with Crippen LogP contribution in [0.1, 0.15) is 6.92 Å². The number of rotatable bonds is 6. The van der Waals surface area contributed by atoms with Gasteiger partial charge in [0.15, 0.2) is 0 Å². The van der Waals surface area contributed by atoms with E-state index in [9.17, 15) is 4.79 Å². The molecule has 94 valence electrons. The van der Waals surface area contributed by atoms with Crippen molar-refractivity contribution in [1.82, 2.24) is 4.90 Å². The number of likely N-dealkylation sites (N-methyl/N-ethyl adjacent to an activating group) is 1. The Labute approximate surface area is 114 Å². The predicted molar refractivity (Wildman–Crippen MR) is 74.2 cm³/mol. The molecule has 0 heterocycles. The number of thioether (sulfide) groups is 1. The fraction of sp³-hybridized carbons (Fsp3) is 0.417. The molecule has 0 radical (unpaired) electrons. The molecule has 1 amide bonds. The Hall–Kier alpha value is -0.520. The van der Waals surface area contributed by atoms with Gasteiger partial charge in [0, 0.05) is 22.5 Å². The fourth-order valence-electron chi connectivity index (χ4n) is 1.35. The van der Waals surface area contributed by atoms with Crippen molar-refractivity contribution in [1.29, 1.82) is 0 Å². The van der Waals surface area contributed by atoms with Gasteiger partial charge in [-0.15, -0.1) is 11.8 Å². The van der Waals surface area contributed by atoms with Crippen LogP contribution in [0.3, 0.4) is 0 Å². The summed E-state index contributed by atoms with van der Waals surface area (Å²) in [7, 11) is 0. The summed E-state index contributed by atoms with van der Waals surface area (Å²) in [6.07, 6.45) is 0. The molecule has 17 heavy (non-hydrogen) atoms. The van der Waals surface area contributed by atoms with E-state index in [1.165, 1.54) is 11.8 Å². The molecule has 1 N–H and O–H groups in total. The number of hydrogen-bond acceptors (Lipinski definition) is 3. The molecule has 5 heteroatoms. The third kappa shape index (κ3) is 5.10. The number of aliphatic hydroxyl groups is 1. The summed E-state index contributed by atoms with van der Waals surface area (Å²) < 4.78 is 1.03. The minimum atomic E-state index is 0.0164. The van der Waals surface area contributed by atoms with Crippen LogP contribution in [0.4, 0.5) is 0 Å². The van der Waals surface area contributed by atoms with E-state index in [2.05, 4.69) is 15.9 Å². The molecule has 0 bridgehead atoms. The Morgan fingerprint density at radius 1 is 1.41 bits per heavy atom. The van der Waals surface area contributed by atoms with Crippen LogP contribution in [0.15, 0.2) is 33.6 Å². The molecule has 1 rings (SSSR count). The zero-order chi connectivity index (χ0) is 12.7. The Morgan fingerprint density at radius 3 is 2.59 bits per heavy atom. The van der Waals surface area contributed by atoms with Crippen molar-refractivity contribution in [3.8, 4) is 0 Å². The van der Waals surface area contributed by atoms with Crippen molar-refractivity contribution in [2.45, 2.75) is 11.8 Å². The lowest BCUT2D eigenvalue weighted by atomic mass is 10.4. The van der Waals surface area contributed by atoms with Crippen molar-refractivity contribution in [3.05, 3.63) is 28.7 Å². The van der Waals surface area contributed by atoms with Crippen LogP contribution >= 0.6 is 27.7 Å². The topological polar surface area (TPSA) is 40.5 Å². The number of amides is 1. The van der Waals surface area contributed by atoms with Gasteiger partial charge in [-0.3, -0.25) is 4.79 Å². The van der Waals surface area contributed by atoms with E-state index >= 15 is 0 Å². The lowest BCUT2D eigenvalue weighted by Gasteiger charge is -2.19. The fourth-order valence-corrected chi connectivity index (χ4v) is 2.41. The molecule has 0 aliphatic carbocycles. The smallest absolute Gasteiger partial charge is 0.233 e.